The second kappa shape index (κ2) is 13.7. The van der Waals surface area contributed by atoms with Gasteiger partial charge in [-0.05, 0) is 63.1 Å². The maximum Gasteiger partial charge on any atom is 0.264 e. The molecule has 0 aliphatic rings. The first-order valence-corrected chi connectivity index (χ1v) is 14.9. The quantitative estimate of drug-likeness (QED) is 0.319. The normalized spacial score (nSPS) is 11.9. The summed E-state index contributed by atoms with van der Waals surface area (Å²) in [7, 11) is -2.83. The van der Waals surface area contributed by atoms with E-state index in [4.69, 9.17) is 16.3 Å². The number of benzene rings is 3. The number of sulfonamides is 1. The average Bonchev–Trinajstić information content (AvgIpc) is 2.92. The van der Waals surface area contributed by atoms with Crippen LogP contribution in [0.2, 0.25) is 5.02 Å². The number of likely N-dealkylation sites (N-methyl/N-ethyl adjacent to an activating group) is 1. The van der Waals surface area contributed by atoms with Crippen LogP contribution in [-0.2, 0) is 26.2 Å². The van der Waals surface area contributed by atoms with Crippen molar-refractivity contribution in [1.82, 2.24) is 10.2 Å². The Morgan fingerprint density at radius 3 is 2.10 bits per heavy atom. The van der Waals surface area contributed by atoms with Crippen molar-refractivity contribution in [2.45, 2.75) is 51.6 Å². The van der Waals surface area contributed by atoms with Crippen LogP contribution in [0.5, 0.6) is 5.75 Å². The lowest BCUT2D eigenvalue weighted by Crippen LogP contribution is -2.52. The summed E-state index contributed by atoms with van der Waals surface area (Å²) in [6.45, 7) is 7.38. The Morgan fingerprint density at radius 1 is 0.950 bits per heavy atom. The van der Waals surface area contributed by atoms with Gasteiger partial charge in [0.25, 0.3) is 10.0 Å². The van der Waals surface area contributed by atoms with Crippen molar-refractivity contribution in [2.24, 2.45) is 0 Å². The molecule has 0 saturated heterocycles. The molecule has 0 aliphatic heterocycles. The summed E-state index contributed by atoms with van der Waals surface area (Å²) in [6.07, 6.45) is 0.342. The number of hydrogen-bond donors (Lipinski definition) is 1. The van der Waals surface area contributed by atoms with Crippen LogP contribution in [0.3, 0.4) is 0 Å². The lowest BCUT2D eigenvalue weighted by molar-refractivity contribution is -0.140. The van der Waals surface area contributed by atoms with Gasteiger partial charge in [0.05, 0.1) is 17.7 Å². The van der Waals surface area contributed by atoms with Crippen molar-refractivity contribution in [3.05, 3.63) is 88.4 Å². The van der Waals surface area contributed by atoms with Gasteiger partial charge in [0.15, 0.2) is 0 Å². The minimum atomic E-state index is -4.24. The Bertz CT molecular complexity index is 1430. The van der Waals surface area contributed by atoms with E-state index in [1.807, 2.05) is 45.0 Å². The predicted octanol–water partition coefficient (Wildman–Crippen LogP) is 5.10. The molecule has 3 aromatic rings. The Kier molecular flexibility index (Phi) is 10.6. The maximum absolute atomic E-state index is 14.1. The molecular formula is C30H36ClN3O5S. The zero-order valence-corrected chi connectivity index (χ0v) is 25.1. The van der Waals surface area contributed by atoms with Crippen molar-refractivity contribution in [1.29, 1.82) is 0 Å². The van der Waals surface area contributed by atoms with Crippen LogP contribution in [0, 0.1) is 13.8 Å². The Hall–Kier alpha value is -3.56. The molecule has 0 bridgehead atoms. The summed E-state index contributed by atoms with van der Waals surface area (Å²) >= 11 is 6.28. The molecular weight excluding hydrogens is 550 g/mol. The highest BCUT2D eigenvalue weighted by Crippen LogP contribution is 2.35. The van der Waals surface area contributed by atoms with Crippen molar-refractivity contribution in [2.75, 3.05) is 24.5 Å². The monoisotopic (exact) mass is 585 g/mol. The van der Waals surface area contributed by atoms with Gasteiger partial charge in [-0.2, -0.15) is 0 Å². The lowest BCUT2D eigenvalue weighted by Gasteiger charge is -2.33. The molecule has 8 nitrogen and oxygen atoms in total. The molecule has 2 amide bonds. The number of aryl methyl sites for hydroxylation is 2. The first-order chi connectivity index (χ1) is 19.0. The molecule has 10 heteroatoms. The third-order valence-electron chi connectivity index (χ3n) is 6.51. The van der Waals surface area contributed by atoms with E-state index in [2.05, 4.69) is 5.32 Å². The van der Waals surface area contributed by atoms with Gasteiger partial charge >= 0.3 is 0 Å². The fourth-order valence-corrected chi connectivity index (χ4v) is 5.89. The van der Waals surface area contributed by atoms with E-state index in [9.17, 15) is 18.0 Å². The second-order valence-electron chi connectivity index (χ2n) is 9.47. The zero-order valence-electron chi connectivity index (χ0n) is 23.5. The molecule has 0 unspecified atom stereocenters. The van der Waals surface area contributed by atoms with Gasteiger partial charge in [0.2, 0.25) is 11.8 Å². The summed E-state index contributed by atoms with van der Waals surface area (Å²) in [5.74, 6) is -0.621. The number of nitrogens with one attached hydrogen (secondary N) is 1. The number of nitrogens with zero attached hydrogens (tertiary/aromatic N) is 2. The van der Waals surface area contributed by atoms with Gasteiger partial charge in [0, 0.05) is 18.1 Å². The van der Waals surface area contributed by atoms with E-state index in [1.165, 1.54) is 30.2 Å². The third kappa shape index (κ3) is 7.34. The van der Waals surface area contributed by atoms with E-state index in [0.29, 0.717) is 13.0 Å². The highest BCUT2D eigenvalue weighted by Gasteiger charge is 2.34. The summed E-state index contributed by atoms with van der Waals surface area (Å²) in [5.41, 5.74) is 2.87. The van der Waals surface area contributed by atoms with Crippen molar-refractivity contribution in [3.63, 3.8) is 0 Å². The highest BCUT2D eigenvalue weighted by molar-refractivity contribution is 7.92. The molecule has 0 heterocycles. The molecule has 3 aromatic carbocycles. The zero-order chi connectivity index (χ0) is 29.4. The van der Waals surface area contributed by atoms with Gasteiger partial charge in [-0.15, -0.1) is 0 Å². The molecule has 40 heavy (non-hydrogen) atoms. The highest BCUT2D eigenvalue weighted by atomic mass is 35.5. The van der Waals surface area contributed by atoms with Crippen molar-refractivity contribution >= 4 is 39.1 Å². The largest absolute Gasteiger partial charge is 0.495 e. The maximum atomic E-state index is 14.1. The standard InChI is InChI=1S/C30H36ClN3O5S/c1-6-26(30(36)32-7-2)33(19-23-12-8-21(3)9-13-23)29(35)20-34(27-18-24(31)14-17-28(27)39-5)40(37,38)25-15-10-22(4)11-16-25/h8-18,26H,6-7,19-20H2,1-5H3,(H,32,36)/t26-/m1/s1. The molecule has 1 N–H and O–H groups in total. The van der Waals surface area contributed by atoms with Crippen LogP contribution >= 0.6 is 11.6 Å². The summed E-state index contributed by atoms with van der Waals surface area (Å²) < 4.78 is 34.5. The Labute approximate surface area is 241 Å². The molecule has 3 rings (SSSR count). The molecule has 0 fully saturated rings. The molecule has 214 valence electrons. The summed E-state index contributed by atoms with van der Waals surface area (Å²) in [4.78, 5) is 28.6. The number of ether oxygens (including phenoxy) is 1. The van der Waals surface area contributed by atoms with E-state index >= 15 is 0 Å². The third-order valence-corrected chi connectivity index (χ3v) is 8.52. The van der Waals surface area contributed by atoms with Crippen LogP contribution in [0.4, 0.5) is 5.69 Å². The van der Waals surface area contributed by atoms with Crippen molar-refractivity contribution < 1.29 is 22.7 Å². The number of amides is 2. The van der Waals surface area contributed by atoms with Crippen LogP contribution in [-0.4, -0.2) is 51.4 Å². The van der Waals surface area contributed by atoms with E-state index in [0.717, 1.165) is 21.0 Å². The Morgan fingerprint density at radius 2 is 1.55 bits per heavy atom. The molecule has 0 aliphatic carbocycles. The summed E-state index contributed by atoms with van der Waals surface area (Å²) in [5, 5.41) is 3.07. The van der Waals surface area contributed by atoms with Gasteiger partial charge in [-0.25, -0.2) is 8.42 Å². The van der Waals surface area contributed by atoms with Crippen LogP contribution in [0.25, 0.3) is 0 Å². The number of hydrogen-bond acceptors (Lipinski definition) is 5. The predicted molar refractivity (Wildman–Crippen MR) is 158 cm³/mol. The van der Waals surface area contributed by atoms with Crippen molar-refractivity contribution in [3.8, 4) is 5.75 Å². The van der Waals surface area contributed by atoms with Gasteiger partial charge in [-0.1, -0.05) is 66.0 Å². The molecule has 0 saturated carbocycles. The number of rotatable bonds is 12. The second-order valence-corrected chi connectivity index (χ2v) is 11.8. The fraction of sp³-hybridized carbons (Fsp3) is 0.333. The van der Waals surface area contributed by atoms with Crippen LogP contribution in [0.1, 0.15) is 37.0 Å². The van der Waals surface area contributed by atoms with Crippen LogP contribution < -0.4 is 14.4 Å². The minimum absolute atomic E-state index is 0.00813. The first kappa shape index (κ1) is 31.0. The molecule has 0 spiro atoms. The van der Waals surface area contributed by atoms with E-state index in [1.54, 1.807) is 31.2 Å². The first-order valence-electron chi connectivity index (χ1n) is 13.1. The fourth-order valence-electron chi connectivity index (χ4n) is 4.31. The minimum Gasteiger partial charge on any atom is -0.495 e. The molecule has 1 atom stereocenters. The van der Waals surface area contributed by atoms with Gasteiger partial charge in [0.1, 0.15) is 18.3 Å². The number of carbonyl (C=O) groups excluding carboxylic acids is 2. The molecule has 0 aromatic heterocycles. The van der Waals surface area contributed by atoms with E-state index in [-0.39, 0.29) is 33.8 Å². The van der Waals surface area contributed by atoms with E-state index < -0.39 is 28.5 Å². The number of halogens is 1. The van der Waals surface area contributed by atoms with Crippen LogP contribution in [0.15, 0.2) is 71.6 Å². The number of anilines is 1. The smallest absolute Gasteiger partial charge is 0.264 e. The number of methoxy groups -OCH3 is 1. The molecule has 0 radical (unpaired) electrons. The lowest BCUT2D eigenvalue weighted by atomic mass is 10.1. The number of carbonyl (C=O) groups is 2. The Balaban J connectivity index is 2.12. The van der Waals surface area contributed by atoms with Gasteiger partial charge in [-0.3, -0.25) is 13.9 Å². The SMILES string of the molecule is CCNC(=O)[C@@H](CC)N(Cc1ccc(C)cc1)C(=O)CN(c1cc(Cl)ccc1OC)S(=O)(=O)c1ccc(C)cc1. The average molecular weight is 586 g/mol. The summed E-state index contributed by atoms with van der Waals surface area (Å²) in [6, 6.07) is 17.8. The van der Waals surface area contributed by atoms with Gasteiger partial charge < -0.3 is 15.0 Å². The topological polar surface area (TPSA) is 96.0 Å².